The molecular weight excluding hydrogens is 302 g/mol. The average molecular weight is 331 g/mol. The van der Waals surface area contributed by atoms with Gasteiger partial charge >= 0.3 is 0 Å². The van der Waals surface area contributed by atoms with Crippen LogP contribution in [0.1, 0.15) is 33.1 Å². The Labute approximate surface area is 145 Å². The van der Waals surface area contributed by atoms with Crippen LogP contribution in [0.15, 0.2) is 41.6 Å². The van der Waals surface area contributed by atoms with E-state index in [9.17, 15) is 9.59 Å². The number of nitrogens with two attached hydrogens (primary N) is 1. The molecule has 1 aromatic rings. The van der Waals surface area contributed by atoms with Gasteiger partial charge in [-0.15, -0.1) is 0 Å². The number of nitrogens with zero attached hydrogens (tertiary/aromatic N) is 2. The molecule has 0 heterocycles. The molecule has 1 aromatic carbocycles. The number of Topliss-reactive ketones (excluding diaryl/α,β-unsaturated/α-hetero) is 1. The maximum atomic E-state index is 13.1. The quantitative estimate of drug-likeness (QED) is 0.429. The highest BCUT2D eigenvalue weighted by Gasteiger charge is 2.26. The SMILES string of the molecule is CCCC(=O)/C(C(=O)N(CCN(C)C)c1ccccc1)=C(/N)CC. The summed E-state index contributed by atoms with van der Waals surface area (Å²) >= 11 is 0. The van der Waals surface area contributed by atoms with Gasteiger partial charge in [-0.05, 0) is 39.1 Å². The average Bonchev–Trinajstić information content (AvgIpc) is 2.56. The smallest absolute Gasteiger partial charge is 0.263 e. The highest BCUT2D eigenvalue weighted by atomic mass is 16.2. The van der Waals surface area contributed by atoms with Crippen molar-refractivity contribution in [3.8, 4) is 0 Å². The molecule has 0 aliphatic rings. The molecule has 0 fully saturated rings. The highest BCUT2D eigenvalue weighted by Crippen LogP contribution is 2.19. The van der Waals surface area contributed by atoms with E-state index in [4.69, 9.17) is 5.73 Å². The van der Waals surface area contributed by atoms with Crippen LogP contribution in [0.4, 0.5) is 5.69 Å². The van der Waals surface area contributed by atoms with Gasteiger partial charge in [-0.25, -0.2) is 0 Å². The minimum Gasteiger partial charge on any atom is -0.401 e. The predicted octanol–water partition coefficient (Wildman–Crippen LogP) is 2.57. The maximum Gasteiger partial charge on any atom is 0.263 e. The van der Waals surface area contributed by atoms with Gasteiger partial charge in [-0.2, -0.15) is 0 Å². The fraction of sp³-hybridized carbons (Fsp3) is 0.474. The van der Waals surface area contributed by atoms with Crippen LogP contribution in [0.25, 0.3) is 0 Å². The van der Waals surface area contributed by atoms with Crippen molar-refractivity contribution in [1.29, 1.82) is 0 Å². The predicted molar refractivity (Wildman–Crippen MR) is 98.8 cm³/mol. The van der Waals surface area contributed by atoms with Gasteiger partial charge in [0.2, 0.25) is 0 Å². The molecule has 0 unspecified atom stereocenters. The Hall–Kier alpha value is -2.14. The van der Waals surface area contributed by atoms with Crippen molar-refractivity contribution in [1.82, 2.24) is 4.90 Å². The number of ketones is 1. The van der Waals surface area contributed by atoms with Crippen LogP contribution in [-0.4, -0.2) is 43.8 Å². The summed E-state index contributed by atoms with van der Waals surface area (Å²) in [4.78, 5) is 29.2. The number of allylic oxidation sites excluding steroid dienone is 1. The second kappa shape index (κ2) is 9.88. The van der Waals surface area contributed by atoms with Gasteiger partial charge in [0.25, 0.3) is 5.91 Å². The molecular formula is C19H29N3O2. The van der Waals surface area contributed by atoms with E-state index in [1.807, 2.05) is 63.2 Å². The standard InChI is InChI=1S/C19H29N3O2/c1-5-10-17(23)18(16(20)6-2)19(24)22(14-13-21(3)4)15-11-8-7-9-12-15/h7-9,11-12H,5-6,10,13-14,20H2,1-4H3/b18-16-. The van der Waals surface area contributed by atoms with Gasteiger partial charge in [0.1, 0.15) is 5.57 Å². The third-order valence-corrected chi connectivity index (χ3v) is 3.76. The van der Waals surface area contributed by atoms with Crippen molar-refractivity contribution < 1.29 is 9.59 Å². The Balaban J connectivity index is 3.23. The third kappa shape index (κ3) is 5.49. The molecule has 0 atom stereocenters. The van der Waals surface area contributed by atoms with Crippen LogP contribution in [0.2, 0.25) is 0 Å². The lowest BCUT2D eigenvalue weighted by Gasteiger charge is -2.26. The number of carbonyl (C=O) groups is 2. The number of amides is 1. The van der Waals surface area contributed by atoms with Crippen LogP contribution < -0.4 is 10.6 Å². The summed E-state index contributed by atoms with van der Waals surface area (Å²) in [5, 5.41) is 0. The van der Waals surface area contributed by atoms with Crippen LogP contribution in [-0.2, 0) is 9.59 Å². The molecule has 132 valence electrons. The Kier molecular flexibility index (Phi) is 8.19. The first-order valence-electron chi connectivity index (χ1n) is 8.45. The number of benzene rings is 1. The zero-order valence-electron chi connectivity index (χ0n) is 15.2. The van der Waals surface area contributed by atoms with Crippen molar-refractivity contribution in [3.05, 3.63) is 41.6 Å². The van der Waals surface area contributed by atoms with Crippen molar-refractivity contribution in [2.24, 2.45) is 5.73 Å². The van der Waals surface area contributed by atoms with Crippen LogP contribution in [0.3, 0.4) is 0 Å². The summed E-state index contributed by atoms with van der Waals surface area (Å²) in [7, 11) is 3.90. The molecule has 1 amide bonds. The normalized spacial score (nSPS) is 12.0. The number of rotatable bonds is 9. The van der Waals surface area contributed by atoms with E-state index >= 15 is 0 Å². The lowest BCUT2D eigenvalue weighted by Crippen LogP contribution is -2.40. The van der Waals surface area contributed by atoms with Crippen molar-refractivity contribution >= 4 is 17.4 Å². The summed E-state index contributed by atoms with van der Waals surface area (Å²) in [6.45, 7) is 4.97. The van der Waals surface area contributed by atoms with E-state index in [0.29, 0.717) is 38.0 Å². The molecule has 0 bridgehead atoms. The lowest BCUT2D eigenvalue weighted by molar-refractivity contribution is -0.121. The molecule has 2 N–H and O–H groups in total. The Bertz CT molecular complexity index is 580. The van der Waals surface area contributed by atoms with Crippen molar-refractivity contribution in [2.45, 2.75) is 33.1 Å². The summed E-state index contributed by atoms with van der Waals surface area (Å²) in [5.74, 6) is -0.478. The lowest BCUT2D eigenvalue weighted by atomic mass is 10.0. The number of likely N-dealkylation sites (N-methyl/N-ethyl adjacent to an activating group) is 1. The second-order valence-corrected chi connectivity index (χ2v) is 6.02. The number of hydrogen-bond acceptors (Lipinski definition) is 4. The first-order chi connectivity index (χ1) is 11.4. The third-order valence-electron chi connectivity index (χ3n) is 3.76. The van der Waals surface area contributed by atoms with Crippen LogP contribution >= 0.6 is 0 Å². The van der Waals surface area contributed by atoms with Crippen LogP contribution in [0, 0.1) is 0 Å². The minimum absolute atomic E-state index is 0.141. The molecule has 0 radical (unpaired) electrons. The van der Waals surface area contributed by atoms with E-state index in [0.717, 1.165) is 5.69 Å². The monoisotopic (exact) mass is 331 g/mol. The maximum absolute atomic E-state index is 13.1. The second-order valence-electron chi connectivity index (χ2n) is 6.02. The van der Waals surface area contributed by atoms with Crippen molar-refractivity contribution in [3.63, 3.8) is 0 Å². The molecule has 1 rings (SSSR count). The minimum atomic E-state index is -0.305. The first kappa shape index (κ1) is 19.9. The summed E-state index contributed by atoms with van der Waals surface area (Å²) in [5.41, 5.74) is 7.30. The Morgan fingerprint density at radius 1 is 1.04 bits per heavy atom. The van der Waals surface area contributed by atoms with Crippen molar-refractivity contribution in [2.75, 3.05) is 32.1 Å². The highest BCUT2D eigenvalue weighted by molar-refractivity contribution is 6.24. The van der Waals surface area contributed by atoms with E-state index in [1.54, 1.807) is 4.90 Å². The summed E-state index contributed by atoms with van der Waals surface area (Å²) in [6, 6.07) is 9.41. The zero-order chi connectivity index (χ0) is 18.1. The molecule has 5 heteroatoms. The molecule has 0 aromatic heterocycles. The summed E-state index contributed by atoms with van der Waals surface area (Å²) in [6.07, 6.45) is 1.50. The zero-order valence-corrected chi connectivity index (χ0v) is 15.2. The topological polar surface area (TPSA) is 66.6 Å². The largest absolute Gasteiger partial charge is 0.401 e. The van der Waals surface area contributed by atoms with E-state index < -0.39 is 0 Å². The van der Waals surface area contributed by atoms with Gasteiger partial charge in [0, 0.05) is 30.9 Å². The molecule has 0 aliphatic carbocycles. The van der Waals surface area contributed by atoms with E-state index in [-0.39, 0.29) is 17.3 Å². The van der Waals surface area contributed by atoms with Gasteiger partial charge < -0.3 is 15.5 Å². The Morgan fingerprint density at radius 3 is 2.17 bits per heavy atom. The van der Waals surface area contributed by atoms with E-state index in [2.05, 4.69) is 0 Å². The first-order valence-corrected chi connectivity index (χ1v) is 8.45. The summed E-state index contributed by atoms with van der Waals surface area (Å²) < 4.78 is 0. The molecule has 0 spiro atoms. The Morgan fingerprint density at radius 2 is 1.67 bits per heavy atom. The molecule has 5 nitrogen and oxygen atoms in total. The molecule has 0 aliphatic heterocycles. The van der Waals surface area contributed by atoms with Crippen LogP contribution in [0.5, 0.6) is 0 Å². The van der Waals surface area contributed by atoms with E-state index in [1.165, 1.54) is 0 Å². The van der Waals surface area contributed by atoms with Gasteiger partial charge in [0.15, 0.2) is 5.78 Å². The molecule has 0 saturated carbocycles. The molecule has 24 heavy (non-hydrogen) atoms. The number of anilines is 1. The number of hydrogen-bond donors (Lipinski definition) is 1. The van der Waals surface area contributed by atoms with Gasteiger partial charge in [-0.3, -0.25) is 9.59 Å². The fourth-order valence-electron chi connectivity index (χ4n) is 2.36. The van der Waals surface area contributed by atoms with Gasteiger partial charge in [0.05, 0.1) is 0 Å². The fourth-order valence-corrected chi connectivity index (χ4v) is 2.36. The number of carbonyl (C=O) groups excluding carboxylic acids is 2. The van der Waals surface area contributed by atoms with Gasteiger partial charge in [-0.1, -0.05) is 32.0 Å². The number of para-hydroxylation sites is 1. The molecule has 0 saturated heterocycles.